The van der Waals surface area contributed by atoms with Crippen LogP contribution in [0.1, 0.15) is 5.76 Å². The standard InChI is InChI=1S/C12H20N2O2/c15-10-11(8-12-2-1-7-16-12)9-14-5-3-13-4-6-14/h1-2,7,11,13,15H,3-6,8-10H2. The molecule has 1 aliphatic rings. The highest BCUT2D eigenvalue weighted by atomic mass is 16.3. The van der Waals surface area contributed by atoms with Crippen LogP contribution < -0.4 is 5.32 Å². The minimum atomic E-state index is 0.227. The molecular weight excluding hydrogens is 204 g/mol. The van der Waals surface area contributed by atoms with Gasteiger partial charge in [0.15, 0.2) is 0 Å². The smallest absolute Gasteiger partial charge is 0.104 e. The fourth-order valence-corrected chi connectivity index (χ4v) is 2.16. The van der Waals surface area contributed by atoms with Gasteiger partial charge in [-0.05, 0) is 12.1 Å². The maximum Gasteiger partial charge on any atom is 0.104 e. The van der Waals surface area contributed by atoms with E-state index in [4.69, 9.17) is 4.42 Å². The molecule has 1 aromatic heterocycles. The van der Waals surface area contributed by atoms with Crippen LogP contribution in [0.15, 0.2) is 22.8 Å². The van der Waals surface area contributed by atoms with E-state index in [-0.39, 0.29) is 12.5 Å². The summed E-state index contributed by atoms with van der Waals surface area (Å²) in [6, 6.07) is 3.87. The van der Waals surface area contributed by atoms with Crippen LogP contribution in [0.25, 0.3) is 0 Å². The summed E-state index contributed by atoms with van der Waals surface area (Å²) in [6.45, 7) is 5.45. The SMILES string of the molecule is OCC(Cc1ccco1)CN1CCNCC1. The molecule has 2 heterocycles. The van der Waals surface area contributed by atoms with Gasteiger partial charge < -0.3 is 19.7 Å². The summed E-state index contributed by atoms with van der Waals surface area (Å²) >= 11 is 0. The van der Waals surface area contributed by atoms with Crippen LogP contribution >= 0.6 is 0 Å². The Labute approximate surface area is 96.2 Å². The van der Waals surface area contributed by atoms with Crippen molar-refractivity contribution in [2.75, 3.05) is 39.3 Å². The van der Waals surface area contributed by atoms with Gasteiger partial charge in [-0.15, -0.1) is 0 Å². The Kier molecular flexibility index (Phi) is 4.39. The van der Waals surface area contributed by atoms with Crippen molar-refractivity contribution < 1.29 is 9.52 Å². The summed E-state index contributed by atoms with van der Waals surface area (Å²) in [4.78, 5) is 2.40. The van der Waals surface area contributed by atoms with Crippen molar-refractivity contribution in [1.82, 2.24) is 10.2 Å². The zero-order valence-electron chi connectivity index (χ0n) is 9.56. The first-order chi connectivity index (χ1) is 7.88. The third kappa shape index (κ3) is 3.33. The topological polar surface area (TPSA) is 48.6 Å². The van der Waals surface area contributed by atoms with Gasteiger partial charge in [0.2, 0.25) is 0 Å². The second-order valence-electron chi connectivity index (χ2n) is 4.38. The highest BCUT2D eigenvalue weighted by Gasteiger charge is 2.16. The Hall–Kier alpha value is -0.840. The van der Waals surface area contributed by atoms with Gasteiger partial charge in [0.05, 0.1) is 6.26 Å². The summed E-state index contributed by atoms with van der Waals surface area (Å²) < 4.78 is 5.31. The summed E-state index contributed by atoms with van der Waals surface area (Å²) in [7, 11) is 0. The zero-order chi connectivity index (χ0) is 11.2. The lowest BCUT2D eigenvalue weighted by Crippen LogP contribution is -2.45. The first kappa shape index (κ1) is 11.6. The predicted octanol–water partition coefficient (Wildman–Crippen LogP) is 0.336. The van der Waals surface area contributed by atoms with Gasteiger partial charge in [0.1, 0.15) is 5.76 Å². The minimum absolute atomic E-state index is 0.227. The Morgan fingerprint density at radius 2 is 2.25 bits per heavy atom. The second kappa shape index (κ2) is 6.03. The number of hydrogen-bond acceptors (Lipinski definition) is 4. The fraction of sp³-hybridized carbons (Fsp3) is 0.667. The molecule has 1 saturated heterocycles. The summed E-state index contributed by atoms with van der Waals surface area (Å²) in [5.74, 6) is 1.25. The Morgan fingerprint density at radius 1 is 1.44 bits per heavy atom. The second-order valence-corrected chi connectivity index (χ2v) is 4.38. The largest absolute Gasteiger partial charge is 0.469 e. The molecule has 1 atom stereocenters. The summed E-state index contributed by atoms with van der Waals surface area (Å²) in [5, 5.41) is 12.7. The van der Waals surface area contributed by atoms with Gasteiger partial charge in [-0.3, -0.25) is 0 Å². The molecule has 16 heavy (non-hydrogen) atoms. The number of rotatable bonds is 5. The van der Waals surface area contributed by atoms with Gasteiger partial charge in [-0.1, -0.05) is 0 Å². The van der Waals surface area contributed by atoms with Crippen molar-refractivity contribution in [3.05, 3.63) is 24.2 Å². The predicted molar refractivity (Wildman–Crippen MR) is 62.3 cm³/mol. The quantitative estimate of drug-likeness (QED) is 0.757. The monoisotopic (exact) mass is 224 g/mol. The normalized spacial score (nSPS) is 19.8. The lowest BCUT2D eigenvalue weighted by atomic mass is 10.0. The van der Waals surface area contributed by atoms with Gasteiger partial charge in [0.25, 0.3) is 0 Å². The Bertz CT molecular complexity index is 281. The molecule has 2 rings (SSSR count). The molecule has 1 unspecified atom stereocenters. The van der Waals surface area contributed by atoms with Crippen molar-refractivity contribution in [2.24, 2.45) is 5.92 Å². The molecule has 4 heteroatoms. The van der Waals surface area contributed by atoms with Gasteiger partial charge >= 0.3 is 0 Å². The van der Waals surface area contributed by atoms with E-state index in [0.717, 1.165) is 44.9 Å². The zero-order valence-corrected chi connectivity index (χ0v) is 9.56. The van der Waals surface area contributed by atoms with Crippen molar-refractivity contribution in [3.8, 4) is 0 Å². The number of piperazine rings is 1. The average molecular weight is 224 g/mol. The molecule has 0 radical (unpaired) electrons. The van der Waals surface area contributed by atoms with Gasteiger partial charge in [-0.2, -0.15) is 0 Å². The number of furan rings is 1. The highest BCUT2D eigenvalue weighted by Crippen LogP contribution is 2.11. The molecule has 1 aromatic rings. The Morgan fingerprint density at radius 3 is 2.88 bits per heavy atom. The number of aliphatic hydroxyl groups is 1. The molecule has 0 bridgehead atoms. The van der Waals surface area contributed by atoms with Gasteiger partial charge in [-0.25, -0.2) is 0 Å². The van der Waals surface area contributed by atoms with E-state index in [0.29, 0.717) is 0 Å². The molecule has 1 aliphatic heterocycles. The highest BCUT2D eigenvalue weighted by molar-refractivity contribution is 4.99. The first-order valence-corrected chi connectivity index (χ1v) is 5.95. The summed E-state index contributed by atoms with van der Waals surface area (Å²) in [5.41, 5.74) is 0. The molecule has 90 valence electrons. The van der Waals surface area contributed by atoms with E-state index in [1.165, 1.54) is 0 Å². The number of nitrogens with one attached hydrogen (secondary N) is 1. The molecule has 1 fully saturated rings. The average Bonchev–Trinajstić information content (AvgIpc) is 2.82. The molecule has 0 aromatic carbocycles. The Balaban J connectivity index is 1.80. The number of nitrogens with zero attached hydrogens (tertiary/aromatic N) is 1. The van der Waals surface area contributed by atoms with Gasteiger partial charge in [0, 0.05) is 51.7 Å². The first-order valence-electron chi connectivity index (χ1n) is 5.95. The summed E-state index contributed by atoms with van der Waals surface area (Å²) in [6.07, 6.45) is 2.52. The fourth-order valence-electron chi connectivity index (χ4n) is 2.16. The third-order valence-corrected chi connectivity index (χ3v) is 3.05. The molecule has 0 spiro atoms. The van der Waals surface area contributed by atoms with E-state index in [2.05, 4.69) is 10.2 Å². The van der Waals surface area contributed by atoms with Crippen LogP contribution in [0.4, 0.5) is 0 Å². The maximum atomic E-state index is 9.37. The van der Waals surface area contributed by atoms with Crippen molar-refractivity contribution in [2.45, 2.75) is 6.42 Å². The lowest BCUT2D eigenvalue weighted by Gasteiger charge is -2.30. The van der Waals surface area contributed by atoms with Crippen LogP contribution in [-0.2, 0) is 6.42 Å². The van der Waals surface area contributed by atoms with Crippen LogP contribution in [0, 0.1) is 5.92 Å². The molecule has 0 aliphatic carbocycles. The number of hydrogen-bond donors (Lipinski definition) is 2. The maximum absolute atomic E-state index is 9.37. The van der Waals surface area contributed by atoms with E-state index in [1.54, 1.807) is 6.26 Å². The van der Waals surface area contributed by atoms with Crippen LogP contribution in [0.3, 0.4) is 0 Å². The minimum Gasteiger partial charge on any atom is -0.469 e. The van der Waals surface area contributed by atoms with E-state index in [1.807, 2.05) is 12.1 Å². The van der Waals surface area contributed by atoms with Crippen LogP contribution in [0.2, 0.25) is 0 Å². The molecule has 2 N–H and O–H groups in total. The molecule has 4 nitrogen and oxygen atoms in total. The van der Waals surface area contributed by atoms with Crippen molar-refractivity contribution in [3.63, 3.8) is 0 Å². The van der Waals surface area contributed by atoms with Crippen LogP contribution in [-0.4, -0.2) is 49.3 Å². The van der Waals surface area contributed by atoms with E-state index < -0.39 is 0 Å². The van der Waals surface area contributed by atoms with Crippen molar-refractivity contribution in [1.29, 1.82) is 0 Å². The van der Waals surface area contributed by atoms with E-state index in [9.17, 15) is 5.11 Å². The molecule has 0 amide bonds. The molecule has 0 saturated carbocycles. The molecular formula is C12H20N2O2. The lowest BCUT2D eigenvalue weighted by molar-refractivity contribution is 0.148. The number of aliphatic hydroxyl groups excluding tert-OH is 1. The van der Waals surface area contributed by atoms with E-state index >= 15 is 0 Å². The van der Waals surface area contributed by atoms with Crippen LogP contribution in [0.5, 0.6) is 0 Å². The third-order valence-electron chi connectivity index (χ3n) is 3.05. The van der Waals surface area contributed by atoms with Crippen molar-refractivity contribution >= 4 is 0 Å².